The number of benzene rings is 1. The highest BCUT2D eigenvalue weighted by molar-refractivity contribution is 14.0. The van der Waals surface area contributed by atoms with Crippen molar-refractivity contribution in [2.45, 2.75) is 39.3 Å². The van der Waals surface area contributed by atoms with Crippen LogP contribution in [0.2, 0.25) is 0 Å². The van der Waals surface area contributed by atoms with Gasteiger partial charge in [-0.05, 0) is 32.3 Å². The number of thiazole rings is 1. The lowest BCUT2D eigenvalue weighted by Gasteiger charge is -2.21. The standard InChI is InChI=1S/C20H30N4OS.HI/c1-5-21-20(22-13-9-12-17-10-7-6-8-11-17)24(3)14-18-15-26-19(23-18)16(2)25-4;/h6-8,10-11,15-16H,5,9,12-14H2,1-4H3,(H,21,22);1H. The summed E-state index contributed by atoms with van der Waals surface area (Å²) < 4.78 is 5.34. The molecule has 27 heavy (non-hydrogen) atoms. The molecule has 7 heteroatoms. The van der Waals surface area contributed by atoms with Gasteiger partial charge in [0.05, 0.1) is 12.2 Å². The topological polar surface area (TPSA) is 49.8 Å². The number of aromatic nitrogens is 1. The van der Waals surface area contributed by atoms with Gasteiger partial charge in [-0.1, -0.05) is 30.3 Å². The molecule has 0 saturated carbocycles. The third-order valence-corrected chi connectivity index (χ3v) is 5.15. The number of hydrogen-bond donors (Lipinski definition) is 1. The van der Waals surface area contributed by atoms with E-state index in [1.54, 1.807) is 18.4 Å². The van der Waals surface area contributed by atoms with Gasteiger partial charge in [0.2, 0.25) is 0 Å². The van der Waals surface area contributed by atoms with Crippen LogP contribution in [0.5, 0.6) is 0 Å². The summed E-state index contributed by atoms with van der Waals surface area (Å²) in [6.07, 6.45) is 2.13. The Bertz CT molecular complexity index is 678. The zero-order valence-electron chi connectivity index (χ0n) is 16.6. The molecule has 150 valence electrons. The second-order valence-corrected chi connectivity index (χ2v) is 7.13. The fourth-order valence-electron chi connectivity index (χ4n) is 2.58. The first-order chi connectivity index (χ1) is 12.6. The van der Waals surface area contributed by atoms with Crippen molar-refractivity contribution in [3.8, 4) is 0 Å². The highest BCUT2D eigenvalue weighted by atomic mass is 127. The summed E-state index contributed by atoms with van der Waals surface area (Å²) >= 11 is 1.65. The Labute approximate surface area is 184 Å². The number of nitrogens with one attached hydrogen (secondary N) is 1. The van der Waals surface area contributed by atoms with Crippen LogP contribution in [0, 0.1) is 0 Å². The average Bonchev–Trinajstić information content (AvgIpc) is 3.12. The minimum Gasteiger partial charge on any atom is -0.375 e. The lowest BCUT2D eigenvalue weighted by Crippen LogP contribution is -2.38. The van der Waals surface area contributed by atoms with Gasteiger partial charge in [0.25, 0.3) is 0 Å². The molecule has 1 aromatic carbocycles. The summed E-state index contributed by atoms with van der Waals surface area (Å²) in [5, 5.41) is 6.48. The second kappa shape index (κ2) is 13.1. The van der Waals surface area contributed by atoms with E-state index in [1.165, 1.54) is 5.56 Å². The lowest BCUT2D eigenvalue weighted by molar-refractivity contribution is 0.119. The van der Waals surface area contributed by atoms with Crippen molar-refractivity contribution in [3.05, 3.63) is 52.0 Å². The summed E-state index contributed by atoms with van der Waals surface area (Å²) in [5.41, 5.74) is 2.41. The second-order valence-electron chi connectivity index (χ2n) is 6.24. The van der Waals surface area contributed by atoms with Crippen LogP contribution >= 0.6 is 35.3 Å². The van der Waals surface area contributed by atoms with Crippen LogP contribution < -0.4 is 5.32 Å². The quantitative estimate of drug-likeness (QED) is 0.238. The monoisotopic (exact) mass is 502 g/mol. The summed E-state index contributed by atoms with van der Waals surface area (Å²) in [4.78, 5) is 11.6. The molecule has 2 rings (SSSR count). The summed E-state index contributed by atoms with van der Waals surface area (Å²) in [7, 11) is 3.76. The first-order valence-electron chi connectivity index (χ1n) is 9.14. The van der Waals surface area contributed by atoms with Crippen molar-refractivity contribution in [2.75, 3.05) is 27.2 Å². The Morgan fingerprint density at radius 3 is 2.74 bits per heavy atom. The summed E-state index contributed by atoms with van der Waals surface area (Å²) in [6, 6.07) is 10.6. The van der Waals surface area contributed by atoms with Crippen LogP contribution in [0.3, 0.4) is 0 Å². The maximum atomic E-state index is 5.34. The maximum Gasteiger partial charge on any atom is 0.194 e. The Morgan fingerprint density at radius 1 is 1.33 bits per heavy atom. The molecule has 0 aliphatic carbocycles. The molecule has 0 aliphatic rings. The smallest absolute Gasteiger partial charge is 0.194 e. The van der Waals surface area contributed by atoms with Gasteiger partial charge in [-0.2, -0.15) is 0 Å². The Hall–Kier alpha value is -1.19. The molecule has 0 aliphatic heterocycles. The normalized spacial score (nSPS) is 12.4. The number of hydrogen-bond acceptors (Lipinski definition) is 4. The van der Waals surface area contributed by atoms with Crippen molar-refractivity contribution in [2.24, 2.45) is 4.99 Å². The number of ether oxygens (including phenoxy) is 1. The van der Waals surface area contributed by atoms with E-state index in [2.05, 4.69) is 64.9 Å². The summed E-state index contributed by atoms with van der Waals surface area (Å²) in [5.74, 6) is 0.926. The number of rotatable bonds is 9. The van der Waals surface area contributed by atoms with E-state index in [1.807, 2.05) is 6.92 Å². The minimum absolute atomic E-state index is 0. The molecule has 1 unspecified atom stereocenters. The molecule has 0 amide bonds. The van der Waals surface area contributed by atoms with Gasteiger partial charge >= 0.3 is 0 Å². The van der Waals surface area contributed by atoms with Gasteiger partial charge in [0.15, 0.2) is 5.96 Å². The van der Waals surface area contributed by atoms with Gasteiger partial charge in [0, 0.05) is 32.6 Å². The zero-order chi connectivity index (χ0) is 18.8. The van der Waals surface area contributed by atoms with Crippen molar-refractivity contribution in [1.82, 2.24) is 15.2 Å². The Balaban J connectivity index is 0.00000364. The van der Waals surface area contributed by atoms with Gasteiger partial charge < -0.3 is 15.0 Å². The van der Waals surface area contributed by atoms with Crippen LogP contribution in [-0.2, 0) is 17.7 Å². The Morgan fingerprint density at radius 2 is 2.07 bits per heavy atom. The SMILES string of the molecule is CCNC(=NCCCc1ccccc1)N(C)Cc1csc(C(C)OC)n1.I. The zero-order valence-corrected chi connectivity index (χ0v) is 19.8. The van der Waals surface area contributed by atoms with Crippen molar-refractivity contribution >= 4 is 41.3 Å². The van der Waals surface area contributed by atoms with Crippen LogP contribution in [0.4, 0.5) is 0 Å². The average molecular weight is 502 g/mol. The van der Waals surface area contributed by atoms with Crippen LogP contribution in [-0.4, -0.2) is 43.1 Å². The number of methoxy groups -OCH3 is 1. The van der Waals surface area contributed by atoms with Gasteiger partial charge in [0.1, 0.15) is 11.1 Å². The van der Waals surface area contributed by atoms with E-state index in [9.17, 15) is 0 Å². The Kier molecular flexibility index (Phi) is 11.5. The fraction of sp³-hybridized carbons (Fsp3) is 0.500. The molecular formula is C20H31IN4OS. The minimum atomic E-state index is 0. The fourth-order valence-corrected chi connectivity index (χ4v) is 3.43. The first kappa shape index (κ1) is 23.8. The third-order valence-electron chi connectivity index (χ3n) is 4.09. The molecule has 1 heterocycles. The molecule has 1 atom stereocenters. The number of aliphatic imine (C=N–C) groups is 1. The maximum absolute atomic E-state index is 5.34. The van der Waals surface area contributed by atoms with E-state index >= 15 is 0 Å². The van der Waals surface area contributed by atoms with Crippen LogP contribution in [0.15, 0.2) is 40.7 Å². The third kappa shape index (κ3) is 8.15. The number of aryl methyl sites for hydroxylation is 1. The van der Waals surface area contributed by atoms with Crippen LogP contribution in [0.1, 0.15) is 42.6 Å². The molecule has 0 radical (unpaired) electrons. The summed E-state index contributed by atoms with van der Waals surface area (Å²) in [6.45, 7) is 6.51. The van der Waals surface area contributed by atoms with Crippen molar-refractivity contribution < 1.29 is 4.74 Å². The molecule has 0 fully saturated rings. The molecule has 1 N–H and O–H groups in total. The predicted octanol–water partition coefficient (Wildman–Crippen LogP) is 4.50. The molecule has 0 saturated heterocycles. The van der Waals surface area contributed by atoms with Gasteiger partial charge in [-0.15, -0.1) is 35.3 Å². The van der Waals surface area contributed by atoms with E-state index in [0.717, 1.165) is 49.1 Å². The molecule has 2 aromatic rings. The van der Waals surface area contributed by atoms with Gasteiger partial charge in [-0.3, -0.25) is 4.99 Å². The van der Waals surface area contributed by atoms with Gasteiger partial charge in [-0.25, -0.2) is 4.98 Å². The molecule has 0 bridgehead atoms. The largest absolute Gasteiger partial charge is 0.375 e. The predicted molar refractivity (Wildman–Crippen MR) is 125 cm³/mol. The molecule has 1 aromatic heterocycles. The highest BCUT2D eigenvalue weighted by Gasteiger charge is 2.12. The molecule has 0 spiro atoms. The van der Waals surface area contributed by atoms with E-state index in [0.29, 0.717) is 0 Å². The van der Waals surface area contributed by atoms with E-state index < -0.39 is 0 Å². The van der Waals surface area contributed by atoms with Crippen LogP contribution in [0.25, 0.3) is 0 Å². The van der Waals surface area contributed by atoms with E-state index in [-0.39, 0.29) is 30.1 Å². The highest BCUT2D eigenvalue weighted by Crippen LogP contribution is 2.20. The number of nitrogens with zero attached hydrogens (tertiary/aromatic N) is 3. The van der Waals surface area contributed by atoms with Crippen molar-refractivity contribution in [3.63, 3.8) is 0 Å². The number of halogens is 1. The number of guanidine groups is 1. The van der Waals surface area contributed by atoms with Crippen molar-refractivity contribution in [1.29, 1.82) is 0 Å². The molecule has 5 nitrogen and oxygen atoms in total. The molecular weight excluding hydrogens is 471 g/mol. The lowest BCUT2D eigenvalue weighted by atomic mass is 10.1. The first-order valence-corrected chi connectivity index (χ1v) is 10.0. The van der Waals surface area contributed by atoms with E-state index in [4.69, 9.17) is 9.73 Å².